The fourth-order valence-electron chi connectivity index (χ4n) is 2.37. The lowest BCUT2D eigenvalue weighted by Gasteiger charge is -2.19. The van der Waals surface area contributed by atoms with E-state index in [1.54, 1.807) is 0 Å². The number of hydrogen-bond acceptors (Lipinski definition) is 3. The molecule has 6 nitrogen and oxygen atoms in total. The summed E-state index contributed by atoms with van der Waals surface area (Å²) in [5, 5.41) is 11.7. The van der Waals surface area contributed by atoms with Crippen LogP contribution in [0.1, 0.15) is 31.2 Å². The van der Waals surface area contributed by atoms with Gasteiger partial charge in [0.15, 0.2) is 0 Å². The van der Waals surface area contributed by atoms with E-state index in [2.05, 4.69) is 5.32 Å². The SMILES string of the molecule is NC(=O)CC[C@@H](NC(=O)C1(c2ccccc2)CC1)C(=O)O. The summed E-state index contributed by atoms with van der Waals surface area (Å²) in [6, 6.07) is 8.21. The van der Waals surface area contributed by atoms with Crippen molar-refractivity contribution < 1.29 is 19.5 Å². The van der Waals surface area contributed by atoms with E-state index in [-0.39, 0.29) is 18.7 Å². The molecule has 6 heteroatoms. The second-order valence-corrected chi connectivity index (χ2v) is 5.32. The number of carbonyl (C=O) groups excluding carboxylic acids is 2. The molecular formula is C15H18N2O4. The lowest BCUT2D eigenvalue weighted by atomic mass is 9.94. The maximum Gasteiger partial charge on any atom is 0.326 e. The minimum atomic E-state index is -1.16. The van der Waals surface area contributed by atoms with Gasteiger partial charge < -0.3 is 16.2 Å². The van der Waals surface area contributed by atoms with Crippen molar-refractivity contribution in [3.8, 4) is 0 Å². The highest BCUT2D eigenvalue weighted by Gasteiger charge is 2.51. The molecule has 1 aliphatic carbocycles. The largest absolute Gasteiger partial charge is 0.480 e. The van der Waals surface area contributed by atoms with Crippen molar-refractivity contribution in [1.29, 1.82) is 0 Å². The zero-order valence-corrected chi connectivity index (χ0v) is 11.5. The van der Waals surface area contributed by atoms with Crippen molar-refractivity contribution >= 4 is 17.8 Å². The first kappa shape index (κ1) is 15.0. The minimum Gasteiger partial charge on any atom is -0.480 e. The highest BCUT2D eigenvalue weighted by Crippen LogP contribution is 2.48. The summed E-state index contributed by atoms with van der Waals surface area (Å²) in [5.41, 5.74) is 5.28. The first-order valence-corrected chi connectivity index (χ1v) is 6.83. The van der Waals surface area contributed by atoms with Crippen LogP contribution in [0, 0.1) is 0 Å². The van der Waals surface area contributed by atoms with E-state index in [1.807, 2.05) is 30.3 Å². The summed E-state index contributed by atoms with van der Waals surface area (Å²) in [6.45, 7) is 0. The van der Waals surface area contributed by atoms with Gasteiger partial charge in [-0.1, -0.05) is 30.3 Å². The molecule has 1 aromatic carbocycles. The zero-order chi connectivity index (χ0) is 15.5. The van der Waals surface area contributed by atoms with Gasteiger partial charge in [-0.2, -0.15) is 0 Å². The predicted molar refractivity (Wildman–Crippen MR) is 75.3 cm³/mol. The van der Waals surface area contributed by atoms with Gasteiger partial charge in [0.1, 0.15) is 6.04 Å². The normalized spacial score (nSPS) is 16.8. The van der Waals surface area contributed by atoms with Crippen molar-refractivity contribution in [3.05, 3.63) is 35.9 Å². The molecular weight excluding hydrogens is 272 g/mol. The molecule has 0 spiro atoms. The van der Waals surface area contributed by atoms with Crippen LogP contribution in [-0.4, -0.2) is 28.9 Å². The molecule has 0 bridgehead atoms. The predicted octanol–water partition coefficient (Wildman–Crippen LogP) is 0.553. The molecule has 1 aliphatic rings. The Kier molecular flexibility index (Phi) is 4.26. The molecule has 0 heterocycles. The summed E-state index contributed by atoms with van der Waals surface area (Å²) in [7, 11) is 0. The summed E-state index contributed by atoms with van der Waals surface area (Å²) in [4.78, 5) is 34.3. The lowest BCUT2D eigenvalue weighted by molar-refractivity contribution is -0.142. The first-order chi connectivity index (χ1) is 9.95. The van der Waals surface area contributed by atoms with Crippen molar-refractivity contribution in [2.75, 3.05) is 0 Å². The average molecular weight is 290 g/mol. The van der Waals surface area contributed by atoms with E-state index in [1.165, 1.54) is 0 Å². The molecule has 1 aromatic rings. The van der Waals surface area contributed by atoms with Gasteiger partial charge in [-0.05, 0) is 24.8 Å². The van der Waals surface area contributed by atoms with E-state index in [0.29, 0.717) is 12.8 Å². The van der Waals surface area contributed by atoms with Gasteiger partial charge in [0.2, 0.25) is 11.8 Å². The third kappa shape index (κ3) is 3.39. The number of hydrogen-bond donors (Lipinski definition) is 3. The second-order valence-electron chi connectivity index (χ2n) is 5.32. The van der Waals surface area contributed by atoms with Gasteiger partial charge >= 0.3 is 5.97 Å². The molecule has 1 saturated carbocycles. The van der Waals surface area contributed by atoms with E-state index >= 15 is 0 Å². The third-order valence-corrected chi connectivity index (χ3v) is 3.79. The Labute approximate surface area is 122 Å². The summed E-state index contributed by atoms with van der Waals surface area (Å²) < 4.78 is 0. The molecule has 1 atom stereocenters. The van der Waals surface area contributed by atoms with Crippen LogP contribution < -0.4 is 11.1 Å². The van der Waals surface area contributed by atoms with Crippen LogP contribution in [0.4, 0.5) is 0 Å². The number of aliphatic carboxylic acids is 1. The van der Waals surface area contributed by atoms with Crippen LogP contribution in [-0.2, 0) is 19.8 Å². The molecule has 0 unspecified atom stereocenters. The summed E-state index contributed by atoms with van der Waals surface area (Å²) in [5.74, 6) is -2.04. The number of carboxylic acids is 1. The zero-order valence-electron chi connectivity index (χ0n) is 11.5. The van der Waals surface area contributed by atoms with Crippen molar-refractivity contribution in [2.45, 2.75) is 37.1 Å². The van der Waals surface area contributed by atoms with Crippen LogP contribution in [0.15, 0.2) is 30.3 Å². The Morgan fingerprint density at radius 2 is 1.86 bits per heavy atom. The highest BCUT2D eigenvalue weighted by molar-refractivity contribution is 5.94. The third-order valence-electron chi connectivity index (χ3n) is 3.79. The van der Waals surface area contributed by atoms with Gasteiger partial charge in [0.25, 0.3) is 0 Å². The number of nitrogens with one attached hydrogen (secondary N) is 1. The summed E-state index contributed by atoms with van der Waals surface area (Å²) >= 11 is 0. The van der Waals surface area contributed by atoms with Crippen molar-refractivity contribution in [1.82, 2.24) is 5.32 Å². The molecule has 1 fully saturated rings. The standard InChI is InChI=1S/C15H18N2O4/c16-12(18)7-6-11(13(19)20)17-14(21)15(8-9-15)10-4-2-1-3-5-10/h1-5,11H,6-9H2,(H2,16,18)(H,17,21)(H,19,20)/t11-/m1/s1. The Hall–Kier alpha value is -2.37. The molecule has 0 radical (unpaired) electrons. The molecule has 4 N–H and O–H groups in total. The lowest BCUT2D eigenvalue weighted by Crippen LogP contribution is -2.46. The van der Waals surface area contributed by atoms with E-state index in [9.17, 15) is 14.4 Å². The monoisotopic (exact) mass is 290 g/mol. The molecule has 21 heavy (non-hydrogen) atoms. The smallest absolute Gasteiger partial charge is 0.326 e. The van der Waals surface area contributed by atoms with Gasteiger partial charge in [-0.3, -0.25) is 9.59 Å². The van der Waals surface area contributed by atoms with Gasteiger partial charge in [0.05, 0.1) is 5.41 Å². The number of primary amides is 1. The minimum absolute atomic E-state index is 0.00127. The maximum atomic E-state index is 12.4. The number of carbonyl (C=O) groups is 3. The van der Waals surface area contributed by atoms with Crippen LogP contribution in [0.25, 0.3) is 0 Å². The van der Waals surface area contributed by atoms with Crippen molar-refractivity contribution in [2.24, 2.45) is 5.73 Å². The number of nitrogens with two attached hydrogens (primary N) is 1. The van der Waals surface area contributed by atoms with E-state index < -0.39 is 23.3 Å². The molecule has 0 saturated heterocycles. The van der Waals surface area contributed by atoms with Crippen LogP contribution in [0.2, 0.25) is 0 Å². The van der Waals surface area contributed by atoms with E-state index in [0.717, 1.165) is 5.56 Å². The molecule has 0 aromatic heterocycles. The maximum absolute atomic E-state index is 12.4. The Bertz CT molecular complexity index is 552. The van der Waals surface area contributed by atoms with E-state index in [4.69, 9.17) is 10.8 Å². The fourth-order valence-corrected chi connectivity index (χ4v) is 2.37. The molecule has 2 amide bonds. The van der Waals surface area contributed by atoms with Crippen LogP contribution in [0.5, 0.6) is 0 Å². The quantitative estimate of drug-likeness (QED) is 0.681. The Morgan fingerprint density at radius 1 is 1.24 bits per heavy atom. The number of rotatable bonds is 7. The number of carboxylic acid groups (broad SMARTS) is 1. The summed E-state index contributed by atoms with van der Waals surface area (Å²) in [6.07, 6.45) is 1.33. The second kappa shape index (κ2) is 5.95. The fraction of sp³-hybridized carbons (Fsp3) is 0.400. The molecule has 112 valence electrons. The average Bonchev–Trinajstić information content (AvgIpc) is 3.25. The van der Waals surface area contributed by atoms with Crippen molar-refractivity contribution in [3.63, 3.8) is 0 Å². The molecule has 2 rings (SSSR count). The van der Waals surface area contributed by atoms with Crippen LogP contribution in [0.3, 0.4) is 0 Å². The first-order valence-electron chi connectivity index (χ1n) is 6.83. The number of amides is 2. The highest BCUT2D eigenvalue weighted by atomic mass is 16.4. The van der Waals surface area contributed by atoms with Crippen LogP contribution >= 0.6 is 0 Å². The van der Waals surface area contributed by atoms with Gasteiger partial charge in [-0.15, -0.1) is 0 Å². The Morgan fingerprint density at radius 3 is 2.33 bits per heavy atom. The Balaban J connectivity index is 2.05. The molecule has 0 aliphatic heterocycles. The number of benzene rings is 1. The topological polar surface area (TPSA) is 109 Å². The van der Waals surface area contributed by atoms with Gasteiger partial charge in [0, 0.05) is 6.42 Å². The van der Waals surface area contributed by atoms with Gasteiger partial charge in [-0.25, -0.2) is 4.79 Å².